The van der Waals surface area contributed by atoms with Crippen molar-refractivity contribution in [2.24, 2.45) is 0 Å². The van der Waals surface area contributed by atoms with Crippen molar-refractivity contribution >= 4 is 26.8 Å². The Labute approximate surface area is 179 Å². The van der Waals surface area contributed by atoms with Gasteiger partial charge in [-0.1, -0.05) is 65.5 Å². The molecule has 4 aromatic rings. The topological polar surface area (TPSA) is 103 Å². The third-order valence-electron chi connectivity index (χ3n) is 4.70. The Hall–Kier alpha value is -3.72. The highest BCUT2D eigenvalue weighted by Gasteiger charge is 2.18. The number of aromatic nitrogens is 3. The molecule has 1 amide bonds. The van der Waals surface area contributed by atoms with Crippen LogP contribution in [0.25, 0.3) is 11.0 Å². The highest BCUT2D eigenvalue weighted by Crippen LogP contribution is 2.21. The van der Waals surface area contributed by atoms with E-state index in [1.54, 1.807) is 6.07 Å². The van der Waals surface area contributed by atoms with Crippen LogP contribution in [0.1, 0.15) is 17.2 Å². The maximum Gasteiger partial charge on any atom is 0.261 e. The number of hydrogen-bond donors (Lipinski definition) is 1. The number of amides is 1. The largest absolute Gasteiger partial charge is 0.385 e. The lowest BCUT2D eigenvalue weighted by Crippen LogP contribution is -2.35. The molecular formula is C22H20N4O4S. The Balaban J connectivity index is 1.52. The summed E-state index contributed by atoms with van der Waals surface area (Å²) in [5, 5.41) is 10.8. The molecule has 31 heavy (non-hydrogen) atoms. The fraction of sp³-hybridized carbons (Fsp3) is 0.136. The third kappa shape index (κ3) is 4.72. The molecule has 0 atom stereocenters. The summed E-state index contributed by atoms with van der Waals surface area (Å²) in [7, 11) is -3.40. The predicted molar refractivity (Wildman–Crippen MR) is 115 cm³/mol. The van der Waals surface area contributed by atoms with Crippen molar-refractivity contribution in [2.45, 2.75) is 10.9 Å². The standard InChI is InChI=1S/C22H20N4O4S/c1-31(28,29)18-12-13-19-20(14-18)26(25-24-19)30-15-21(27)23-22(16-8-4-2-5-9-16)17-10-6-3-7-11-17/h2-14,22H,15H2,1H3,(H,23,27). The smallest absolute Gasteiger partial charge is 0.261 e. The summed E-state index contributed by atoms with van der Waals surface area (Å²) in [6, 6.07) is 23.3. The molecule has 0 aliphatic rings. The Kier molecular flexibility index (Phi) is 5.68. The average Bonchev–Trinajstić information content (AvgIpc) is 3.19. The fourth-order valence-electron chi connectivity index (χ4n) is 3.18. The second-order valence-electron chi connectivity index (χ2n) is 6.98. The number of carbonyl (C=O) groups excluding carboxylic acids is 1. The van der Waals surface area contributed by atoms with Gasteiger partial charge in [-0.15, -0.1) is 5.10 Å². The van der Waals surface area contributed by atoms with E-state index in [2.05, 4.69) is 15.6 Å². The number of nitrogens with zero attached hydrogens (tertiary/aromatic N) is 3. The molecule has 0 radical (unpaired) electrons. The molecule has 8 nitrogen and oxygen atoms in total. The van der Waals surface area contributed by atoms with E-state index in [0.717, 1.165) is 22.2 Å². The zero-order chi connectivity index (χ0) is 21.8. The Morgan fingerprint density at radius 3 is 2.19 bits per heavy atom. The molecule has 1 N–H and O–H groups in total. The van der Waals surface area contributed by atoms with Crippen LogP contribution in [0.3, 0.4) is 0 Å². The van der Waals surface area contributed by atoms with Gasteiger partial charge < -0.3 is 10.2 Å². The van der Waals surface area contributed by atoms with E-state index in [4.69, 9.17) is 4.84 Å². The molecule has 3 aromatic carbocycles. The summed E-state index contributed by atoms with van der Waals surface area (Å²) in [4.78, 5) is 19.3. The van der Waals surface area contributed by atoms with E-state index in [-0.39, 0.29) is 23.5 Å². The fourth-order valence-corrected chi connectivity index (χ4v) is 3.82. The summed E-state index contributed by atoms with van der Waals surface area (Å²) >= 11 is 0. The molecule has 0 aliphatic heterocycles. The van der Waals surface area contributed by atoms with Gasteiger partial charge in [0.1, 0.15) is 11.0 Å². The SMILES string of the molecule is CS(=O)(=O)c1ccc2nnn(OCC(=O)NC(c3ccccc3)c3ccccc3)c2c1. The zero-order valence-electron chi connectivity index (χ0n) is 16.7. The second kappa shape index (κ2) is 8.57. The summed E-state index contributed by atoms with van der Waals surface area (Å²) in [6.07, 6.45) is 1.11. The Bertz CT molecular complexity index is 1270. The van der Waals surface area contributed by atoms with Gasteiger partial charge in [0.2, 0.25) is 0 Å². The molecule has 9 heteroatoms. The van der Waals surface area contributed by atoms with Crippen molar-refractivity contribution in [2.75, 3.05) is 12.9 Å². The van der Waals surface area contributed by atoms with Crippen LogP contribution in [0.2, 0.25) is 0 Å². The summed E-state index contributed by atoms with van der Waals surface area (Å²) in [6.45, 7) is -0.322. The van der Waals surface area contributed by atoms with Crippen molar-refractivity contribution in [1.82, 2.24) is 20.5 Å². The molecular weight excluding hydrogens is 416 g/mol. The first-order chi connectivity index (χ1) is 14.9. The molecule has 4 rings (SSSR count). The molecule has 0 saturated heterocycles. The molecule has 158 valence electrons. The first kappa shape index (κ1) is 20.5. The number of carbonyl (C=O) groups is 1. The van der Waals surface area contributed by atoms with Gasteiger partial charge in [-0.05, 0) is 34.5 Å². The second-order valence-corrected chi connectivity index (χ2v) is 9.00. The third-order valence-corrected chi connectivity index (χ3v) is 5.81. The summed E-state index contributed by atoms with van der Waals surface area (Å²) in [5.41, 5.74) is 2.69. The van der Waals surface area contributed by atoms with E-state index in [1.807, 2.05) is 60.7 Å². The van der Waals surface area contributed by atoms with Crippen molar-refractivity contribution in [1.29, 1.82) is 0 Å². The van der Waals surface area contributed by atoms with Crippen LogP contribution in [-0.4, -0.2) is 42.3 Å². The van der Waals surface area contributed by atoms with E-state index in [9.17, 15) is 13.2 Å². The average molecular weight is 436 g/mol. The first-order valence-corrected chi connectivity index (χ1v) is 11.4. The van der Waals surface area contributed by atoms with Crippen molar-refractivity contribution in [3.05, 3.63) is 90.0 Å². The number of benzene rings is 3. The van der Waals surface area contributed by atoms with Gasteiger partial charge in [0.15, 0.2) is 16.4 Å². The quantitative estimate of drug-likeness (QED) is 0.476. The summed E-state index contributed by atoms with van der Waals surface area (Å²) < 4.78 is 23.6. The van der Waals surface area contributed by atoms with Crippen LogP contribution in [-0.2, 0) is 14.6 Å². The van der Waals surface area contributed by atoms with E-state index in [1.165, 1.54) is 12.1 Å². The van der Waals surface area contributed by atoms with E-state index >= 15 is 0 Å². The Morgan fingerprint density at radius 1 is 1.00 bits per heavy atom. The number of hydrogen-bond acceptors (Lipinski definition) is 6. The first-order valence-electron chi connectivity index (χ1n) is 9.50. The number of nitrogens with one attached hydrogen (secondary N) is 1. The normalized spacial score (nSPS) is 11.5. The van der Waals surface area contributed by atoms with Gasteiger partial charge in [0.05, 0.1) is 10.9 Å². The lowest BCUT2D eigenvalue weighted by atomic mass is 9.99. The maximum absolute atomic E-state index is 12.7. The minimum absolute atomic E-state index is 0.116. The molecule has 0 aliphatic carbocycles. The maximum atomic E-state index is 12.7. The molecule has 0 spiro atoms. The highest BCUT2D eigenvalue weighted by atomic mass is 32.2. The van der Waals surface area contributed by atoms with Gasteiger partial charge in [-0.25, -0.2) is 8.42 Å². The van der Waals surface area contributed by atoms with Gasteiger partial charge in [-0.2, -0.15) is 0 Å². The van der Waals surface area contributed by atoms with Gasteiger partial charge in [0, 0.05) is 6.26 Å². The summed E-state index contributed by atoms with van der Waals surface area (Å²) in [5.74, 6) is -0.361. The van der Waals surface area contributed by atoms with E-state index < -0.39 is 9.84 Å². The lowest BCUT2D eigenvalue weighted by molar-refractivity contribution is -0.126. The van der Waals surface area contributed by atoms with Crippen LogP contribution >= 0.6 is 0 Å². The highest BCUT2D eigenvalue weighted by molar-refractivity contribution is 7.90. The van der Waals surface area contributed by atoms with Gasteiger partial charge in [-0.3, -0.25) is 4.79 Å². The Morgan fingerprint density at radius 2 is 1.61 bits per heavy atom. The molecule has 0 fully saturated rings. The van der Waals surface area contributed by atoms with Gasteiger partial charge >= 0.3 is 0 Å². The van der Waals surface area contributed by atoms with Crippen LogP contribution in [0.5, 0.6) is 0 Å². The van der Waals surface area contributed by atoms with Crippen LogP contribution in [0, 0.1) is 0 Å². The lowest BCUT2D eigenvalue weighted by Gasteiger charge is -2.20. The van der Waals surface area contributed by atoms with Crippen LogP contribution < -0.4 is 10.2 Å². The zero-order valence-corrected chi connectivity index (χ0v) is 17.5. The molecule has 1 heterocycles. The monoisotopic (exact) mass is 436 g/mol. The molecule has 0 saturated carbocycles. The number of fused-ring (bicyclic) bond motifs is 1. The minimum atomic E-state index is -3.40. The van der Waals surface area contributed by atoms with Crippen LogP contribution in [0.15, 0.2) is 83.8 Å². The van der Waals surface area contributed by atoms with Gasteiger partial charge in [0.25, 0.3) is 5.91 Å². The van der Waals surface area contributed by atoms with Crippen molar-refractivity contribution < 1.29 is 18.0 Å². The predicted octanol–water partition coefficient (Wildman–Crippen LogP) is 2.17. The number of rotatable bonds is 7. The van der Waals surface area contributed by atoms with Crippen molar-refractivity contribution in [3.8, 4) is 0 Å². The molecule has 0 bridgehead atoms. The molecule has 1 aromatic heterocycles. The minimum Gasteiger partial charge on any atom is -0.385 e. The van der Waals surface area contributed by atoms with Crippen LogP contribution in [0.4, 0.5) is 0 Å². The molecule has 0 unspecified atom stereocenters. The van der Waals surface area contributed by atoms with E-state index in [0.29, 0.717) is 11.0 Å². The number of sulfone groups is 1. The van der Waals surface area contributed by atoms with Crippen molar-refractivity contribution in [3.63, 3.8) is 0 Å².